The molecule has 1 fully saturated rings. The molecule has 5 nitrogen and oxygen atoms in total. The molecule has 0 saturated carbocycles. The highest BCUT2D eigenvalue weighted by atomic mass is 32.2. The Hall–Kier alpha value is -1.83. The zero-order valence-corrected chi connectivity index (χ0v) is 15.9. The molecule has 2 aliphatic rings. The number of hydrogen-bond acceptors (Lipinski definition) is 4. The maximum absolute atomic E-state index is 12.7. The number of hydrogen-bond donors (Lipinski definition) is 1. The third kappa shape index (κ3) is 3.39. The summed E-state index contributed by atoms with van der Waals surface area (Å²) in [5.41, 5.74) is 1.70. The van der Waals surface area contributed by atoms with Crippen molar-refractivity contribution < 1.29 is 13.2 Å². The first-order chi connectivity index (χ1) is 12.5. The molecule has 0 radical (unpaired) electrons. The van der Waals surface area contributed by atoms with Crippen LogP contribution in [0.15, 0.2) is 58.3 Å². The van der Waals surface area contributed by atoms with Crippen molar-refractivity contribution in [3.8, 4) is 0 Å². The number of nitrogens with one attached hydrogen (secondary N) is 1. The lowest BCUT2D eigenvalue weighted by Crippen LogP contribution is -2.28. The normalized spacial score (nSPS) is 20.1. The van der Waals surface area contributed by atoms with Gasteiger partial charge in [0.15, 0.2) is 0 Å². The molecule has 26 heavy (non-hydrogen) atoms. The van der Waals surface area contributed by atoms with Gasteiger partial charge in [-0.25, -0.2) is 8.42 Å². The predicted molar refractivity (Wildman–Crippen MR) is 103 cm³/mol. The van der Waals surface area contributed by atoms with Gasteiger partial charge in [-0.1, -0.05) is 24.3 Å². The number of nitrogens with zero attached hydrogens (tertiary/aromatic N) is 1. The molecule has 0 aromatic heterocycles. The molecular formula is C19H20N2O3S2. The van der Waals surface area contributed by atoms with Crippen LogP contribution >= 0.6 is 11.8 Å². The number of anilines is 1. The van der Waals surface area contributed by atoms with E-state index in [9.17, 15) is 13.2 Å². The summed E-state index contributed by atoms with van der Waals surface area (Å²) >= 11 is 1.56. The Kier molecular flexibility index (Phi) is 4.77. The van der Waals surface area contributed by atoms with Gasteiger partial charge in [0.05, 0.1) is 10.1 Å². The zero-order valence-electron chi connectivity index (χ0n) is 14.2. The second-order valence-corrected chi connectivity index (χ2v) is 9.73. The van der Waals surface area contributed by atoms with E-state index >= 15 is 0 Å². The first kappa shape index (κ1) is 17.6. The Balaban J connectivity index is 1.48. The van der Waals surface area contributed by atoms with Crippen molar-refractivity contribution in [1.82, 2.24) is 4.31 Å². The Labute approximate surface area is 157 Å². The predicted octanol–water partition coefficient (Wildman–Crippen LogP) is 3.13. The molecule has 1 unspecified atom stereocenters. The quantitative estimate of drug-likeness (QED) is 0.874. The maximum atomic E-state index is 12.7. The SMILES string of the molecule is O=C(Nc1cccc(S(=O)(=O)N2CCCC2)c1)C1Cc2ccccc2S1. The molecule has 1 N–H and O–H groups in total. The molecule has 1 saturated heterocycles. The number of rotatable bonds is 4. The standard InChI is InChI=1S/C19H20N2O3S2/c22-19(18-12-14-6-1-2-9-17(14)25-18)20-15-7-5-8-16(13-15)26(23,24)21-10-3-4-11-21/h1-2,5-9,13,18H,3-4,10-12H2,(H,20,22). The highest BCUT2D eigenvalue weighted by molar-refractivity contribution is 8.01. The van der Waals surface area contributed by atoms with E-state index in [0.29, 0.717) is 25.2 Å². The lowest BCUT2D eigenvalue weighted by Gasteiger charge is -2.16. The third-order valence-electron chi connectivity index (χ3n) is 4.74. The minimum absolute atomic E-state index is 0.0954. The summed E-state index contributed by atoms with van der Waals surface area (Å²) in [6.07, 6.45) is 2.49. The minimum Gasteiger partial charge on any atom is -0.325 e. The van der Waals surface area contributed by atoms with Crippen LogP contribution in [0.3, 0.4) is 0 Å². The summed E-state index contributed by atoms with van der Waals surface area (Å²) in [6, 6.07) is 14.6. The van der Waals surface area contributed by atoms with Crippen LogP contribution in [-0.2, 0) is 21.2 Å². The van der Waals surface area contributed by atoms with Crippen LogP contribution in [0.25, 0.3) is 0 Å². The Morgan fingerprint density at radius 2 is 1.85 bits per heavy atom. The largest absolute Gasteiger partial charge is 0.325 e. The fourth-order valence-corrected chi connectivity index (χ4v) is 6.12. The van der Waals surface area contributed by atoms with Gasteiger partial charge in [0, 0.05) is 23.7 Å². The van der Waals surface area contributed by atoms with E-state index in [-0.39, 0.29) is 16.1 Å². The molecule has 0 aliphatic carbocycles. The molecule has 2 aromatic carbocycles. The van der Waals surface area contributed by atoms with E-state index in [0.717, 1.165) is 17.7 Å². The van der Waals surface area contributed by atoms with Crippen molar-refractivity contribution in [2.75, 3.05) is 18.4 Å². The minimum atomic E-state index is -3.48. The number of thioether (sulfide) groups is 1. The first-order valence-corrected chi connectivity index (χ1v) is 11.0. The summed E-state index contributed by atoms with van der Waals surface area (Å²) in [4.78, 5) is 14.0. The number of carbonyl (C=O) groups is 1. The average Bonchev–Trinajstić information content (AvgIpc) is 3.32. The lowest BCUT2D eigenvalue weighted by atomic mass is 10.1. The fourth-order valence-electron chi connectivity index (χ4n) is 3.36. The second kappa shape index (κ2) is 7.06. The van der Waals surface area contributed by atoms with E-state index < -0.39 is 10.0 Å². The number of sulfonamides is 1. The van der Waals surface area contributed by atoms with E-state index in [2.05, 4.69) is 5.32 Å². The van der Waals surface area contributed by atoms with Crippen molar-refractivity contribution in [1.29, 1.82) is 0 Å². The molecule has 2 aromatic rings. The summed E-state index contributed by atoms with van der Waals surface area (Å²) < 4.78 is 26.9. The van der Waals surface area contributed by atoms with Gasteiger partial charge in [0.1, 0.15) is 0 Å². The van der Waals surface area contributed by atoms with Crippen molar-refractivity contribution in [3.05, 3.63) is 54.1 Å². The van der Waals surface area contributed by atoms with Gasteiger partial charge in [-0.05, 0) is 49.1 Å². The molecule has 2 aliphatic heterocycles. The number of amides is 1. The summed E-state index contributed by atoms with van der Waals surface area (Å²) in [5.74, 6) is -0.0954. The van der Waals surface area contributed by atoms with Crippen LogP contribution < -0.4 is 5.32 Å². The smallest absolute Gasteiger partial charge is 0.243 e. The highest BCUT2D eigenvalue weighted by Crippen LogP contribution is 2.37. The lowest BCUT2D eigenvalue weighted by molar-refractivity contribution is -0.115. The monoisotopic (exact) mass is 388 g/mol. The molecule has 2 heterocycles. The summed E-state index contributed by atoms with van der Waals surface area (Å²) in [7, 11) is -3.48. The van der Waals surface area contributed by atoms with Gasteiger partial charge in [-0.3, -0.25) is 4.79 Å². The van der Waals surface area contributed by atoms with E-state index in [4.69, 9.17) is 0 Å². The van der Waals surface area contributed by atoms with Crippen LogP contribution in [0, 0.1) is 0 Å². The van der Waals surface area contributed by atoms with Crippen molar-refractivity contribution in [2.24, 2.45) is 0 Å². The van der Waals surface area contributed by atoms with Gasteiger partial charge in [0.2, 0.25) is 15.9 Å². The third-order valence-corrected chi connectivity index (χ3v) is 7.96. The average molecular weight is 389 g/mol. The molecule has 1 atom stereocenters. The zero-order chi connectivity index (χ0) is 18.1. The topological polar surface area (TPSA) is 66.5 Å². The summed E-state index contributed by atoms with van der Waals surface area (Å²) in [6.45, 7) is 1.13. The molecule has 0 bridgehead atoms. The van der Waals surface area contributed by atoms with Crippen molar-refractivity contribution >= 4 is 33.4 Å². The summed E-state index contributed by atoms with van der Waals surface area (Å²) in [5, 5.41) is 2.69. The van der Waals surface area contributed by atoms with E-state index in [1.165, 1.54) is 9.87 Å². The second-order valence-electron chi connectivity index (χ2n) is 6.55. The molecule has 4 rings (SSSR count). The van der Waals surface area contributed by atoms with Crippen LogP contribution in [-0.4, -0.2) is 37.0 Å². The van der Waals surface area contributed by atoms with Crippen LogP contribution in [0.2, 0.25) is 0 Å². The van der Waals surface area contributed by atoms with Gasteiger partial charge < -0.3 is 5.32 Å². The van der Waals surface area contributed by atoms with Crippen LogP contribution in [0.5, 0.6) is 0 Å². The maximum Gasteiger partial charge on any atom is 0.243 e. The number of benzene rings is 2. The first-order valence-electron chi connectivity index (χ1n) is 8.70. The van der Waals surface area contributed by atoms with Crippen LogP contribution in [0.1, 0.15) is 18.4 Å². The Bertz CT molecular complexity index is 912. The Morgan fingerprint density at radius 1 is 1.08 bits per heavy atom. The molecular weight excluding hydrogens is 368 g/mol. The van der Waals surface area contributed by atoms with E-state index in [1.807, 2.05) is 24.3 Å². The number of fused-ring (bicyclic) bond motifs is 1. The van der Waals surface area contributed by atoms with Gasteiger partial charge in [0.25, 0.3) is 0 Å². The van der Waals surface area contributed by atoms with E-state index in [1.54, 1.807) is 36.0 Å². The van der Waals surface area contributed by atoms with Crippen LogP contribution in [0.4, 0.5) is 5.69 Å². The number of carbonyl (C=O) groups excluding carboxylic acids is 1. The van der Waals surface area contributed by atoms with Gasteiger partial charge in [-0.15, -0.1) is 11.8 Å². The van der Waals surface area contributed by atoms with Gasteiger partial charge in [-0.2, -0.15) is 4.31 Å². The molecule has 7 heteroatoms. The molecule has 1 amide bonds. The van der Waals surface area contributed by atoms with Gasteiger partial charge >= 0.3 is 0 Å². The van der Waals surface area contributed by atoms with Crippen molar-refractivity contribution in [2.45, 2.75) is 34.3 Å². The molecule has 0 spiro atoms. The highest BCUT2D eigenvalue weighted by Gasteiger charge is 2.29. The fraction of sp³-hybridized carbons (Fsp3) is 0.316. The van der Waals surface area contributed by atoms with Crippen molar-refractivity contribution in [3.63, 3.8) is 0 Å². The Morgan fingerprint density at radius 3 is 2.62 bits per heavy atom. The molecule has 136 valence electrons.